The van der Waals surface area contributed by atoms with Gasteiger partial charge in [0.15, 0.2) is 0 Å². The average molecular weight is 359 g/mol. The number of pyridine rings is 1. The Kier molecular flexibility index (Phi) is 4.95. The highest BCUT2D eigenvalue weighted by Crippen LogP contribution is 2.34. The molecule has 6 heteroatoms. The standard InChI is InChI=1S/C21H21N5O/c1-15-8-9-19(26(13-15)14-18-7-2-3-10-23-18)21-24-20(25-27-21)17-6-4-5-16(11-17)12-22/h2-7,10-11,15,19H,8-9,13-14H2,1H3/t15-,19+/m1/s1. The van der Waals surface area contributed by atoms with Gasteiger partial charge in [-0.25, -0.2) is 0 Å². The lowest BCUT2D eigenvalue weighted by molar-refractivity contribution is 0.0817. The highest BCUT2D eigenvalue weighted by molar-refractivity contribution is 5.57. The first-order valence-corrected chi connectivity index (χ1v) is 9.21. The first kappa shape index (κ1) is 17.4. The van der Waals surface area contributed by atoms with Gasteiger partial charge in [0.1, 0.15) is 0 Å². The number of hydrogen-bond donors (Lipinski definition) is 0. The number of hydrogen-bond acceptors (Lipinski definition) is 6. The van der Waals surface area contributed by atoms with Gasteiger partial charge in [-0.2, -0.15) is 10.2 Å². The van der Waals surface area contributed by atoms with E-state index in [1.807, 2.05) is 36.5 Å². The number of nitriles is 1. The maximum atomic E-state index is 9.09. The molecule has 1 aliphatic rings. The van der Waals surface area contributed by atoms with E-state index in [4.69, 9.17) is 9.78 Å². The van der Waals surface area contributed by atoms with E-state index in [-0.39, 0.29) is 6.04 Å². The maximum absolute atomic E-state index is 9.09. The second-order valence-electron chi connectivity index (χ2n) is 7.10. The van der Waals surface area contributed by atoms with Crippen LogP contribution in [0.25, 0.3) is 11.4 Å². The van der Waals surface area contributed by atoms with Crippen molar-refractivity contribution in [2.75, 3.05) is 6.54 Å². The van der Waals surface area contributed by atoms with Crippen LogP contribution in [0.3, 0.4) is 0 Å². The van der Waals surface area contributed by atoms with E-state index in [2.05, 4.69) is 33.0 Å². The largest absolute Gasteiger partial charge is 0.337 e. The van der Waals surface area contributed by atoms with Gasteiger partial charge in [0.05, 0.1) is 23.4 Å². The Balaban J connectivity index is 1.59. The summed E-state index contributed by atoms with van der Waals surface area (Å²) in [6, 6.07) is 15.5. The molecule has 1 fully saturated rings. The molecule has 1 saturated heterocycles. The average Bonchev–Trinajstić information content (AvgIpc) is 3.19. The van der Waals surface area contributed by atoms with Gasteiger partial charge in [0, 0.05) is 24.8 Å². The monoisotopic (exact) mass is 359 g/mol. The number of aromatic nitrogens is 3. The van der Waals surface area contributed by atoms with Crippen molar-refractivity contribution in [1.29, 1.82) is 5.26 Å². The van der Waals surface area contributed by atoms with Gasteiger partial charge >= 0.3 is 0 Å². The summed E-state index contributed by atoms with van der Waals surface area (Å²) >= 11 is 0. The molecule has 0 saturated carbocycles. The van der Waals surface area contributed by atoms with E-state index in [0.717, 1.165) is 37.2 Å². The van der Waals surface area contributed by atoms with Crippen LogP contribution < -0.4 is 0 Å². The minimum absolute atomic E-state index is 0.0867. The minimum atomic E-state index is 0.0867. The molecule has 0 spiro atoms. The van der Waals surface area contributed by atoms with Gasteiger partial charge in [0.25, 0.3) is 0 Å². The van der Waals surface area contributed by atoms with Gasteiger partial charge < -0.3 is 4.52 Å². The Bertz CT molecular complexity index is 946. The second-order valence-corrected chi connectivity index (χ2v) is 7.10. The normalized spacial score (nSPS) is 20.3. The molecule has 0 aliphatic carbocycles. The highest BCUT2D eigenvalue weighted by atomic mass is 16.5. The van der Waals surface area contributed by atoms with E-state index < -0.39 is 0 Å². The summed E-state index contributed by atoms with van der Waals surface area (Å²) in [6.45, 7) is 4.01. The third kappa shape index (κ3) is 3.88. The summed E-state index contributed by atoms with van der Waals surface area (Å²) in [6.07, 6.45) is 3.93. The van der Waals surface area contributed by atoms with Crippen LogP contribution in [-0.2, 0) is 6.54 Å². The van der Waals surface area contributed by atoms with Crippen molar-refractivity contribution >= 4 is 0 Å². The fraction of sp³-hybridized carbons (Fsp3) is 0.333. The number of piperidine rings is 1. The quantitative estimate of drug-likeness (QED) is 0.701. The van der Waals surface area contributed by atoms with Crippen LogP contribution in [0.4, 0.5) is 0 Å². The molecule has 0 radical (unpaired) electrons. The lowest BCUT2D eigenvalue weighted by atomic mass is 9.94. The van der Waals surface area contributed by atoms with Crippen LogP contribution in [0, 0.1) is 17.2 Å². The summed E-state index contributed by atoms with van der Waals surface area (Å²) in [5.41, 5.74) is 2.42. The molecular formula is C21H21N5O. The van der Waals surface area contributed by atoms with E-state index in [0.29, 0.717) is 23.2 Å². The molecular weight excluding hydrogens is 338 g/mol. The smallest absolute Gasteiger partial charge is 0.244 e. The second kappa shape index (κ2) is 7.68. The SMILES string of the molecule is C[C@@H]1CC[C@@H](c2nc(-c3cccc(C#N)c3)no2)N(Cc2ccccn2)C1. The Hall–Kier alpha value is -3.04. The molecule has 0 amide bonds. The molecule has 3 aromatic rings. The predicted molar refractivity (Wildman–Crippen MR) is 100 cm³/mol. The van der Waals surface area contributed by atoms with Crippen LogP contribution in [0.2, 0.25) is 0 Å². The molecule has 0 unspecified atom stereocenters. The maximum Gasteiger partial charge on any atom is 0.244 e. The van der Waals surface area contributed by atoms with E-state index in [1.165, 1.54) is 0 Å². The predicted octanol–water partition coefficient (Wildman–Crippen LogP) is 3.98. The van der Waals surface area contributed by atoms with Crippen LogP contribution in [0.15, 0.2) is 53.2 Å². The zero-order valence-corrected chi connectivity index (χ0v) is 15.2. The van der Waals surface area contributed by atoms with Gasteiger partial charge in [0.2, 0.25) is 11.7 Å². The van der Waals surface area contributed by atoms with E-state index >= 15 is 0 Å². The van der Waals surface area contributed by atoms with Crippen LogP contribution >= 0.6 is 0 Å². The van der Waals surface area contributed by atoms with E-state index in [9.17, 15) is 0 Å². The topological polar surface area (TPSA) is 78.8 Å². The number of benzene rings is 1. The summed E-state index contributed by atoms with van der Waals surface area (Å²) in [5.74, 6) is 1.79. The Labute approximate surface area is 158 Å². The summed E-state index contributed by atoms with van der Waals surface area (Å²) in [5, 5.41) is 13.3. The molecule has 1 aliphatic heterocycles. The first-order chi connectivity index (χ1) is 13.2. The van der Waals surface area contributed by atoms with Gasteiger partial charge in [-0.05, 0) is 43.0 Å². The van der Waals surface area contributed by atoms with Crippen LogP contribution in [-0.4, -0.2) is 26.6 Å². The molecule has 0 N–H and O–H groups in total. The molecule has 2 atom stereocenters. The fourth-order valence-corrected chi connectivity index (χ4v) is 3.61. The third-order valence-electron chi connectivity index (χ3n) is 4.99. The minimum Gasteiger partial charge on any atom is -0.337 e. The van der Waals surface area contributed by atoms with Crippen molar-refractivity contribution in [2.24, 2.45) is 5.92 Å². The number of rotatable bonds is 4. The van der Waals surface area contributed by atoms with Crippen LogP contribution in [0.5, 0.6) is 0 Å². The lowest BCUT2D eigenvalue weighted by Crippen LogP contribution is -2.37. The fourth-order valence-electron chi connectivity index (χ4n) is 3.61. The molecule has 4 rings (SSSR count). The van der Waals surface area contributed by atoms with Gasteiger partial charge in [-0.15, -0.1) is 0 Å². The summed E-state index contributed by atoms with van der Waals surface area (Å²) < 4.78 is 5.63. The van der Waals surface area contributed by atoms with Crippen LogP contribution in [0.1, 0.15) is 43.0 Å². The molecule has 2 aromatic heterocycles. The van der Waals surface area contributed by atoms with Crippen molar-refractivity contribution in [3.63, 3.8) is 0 Å². The number of nitrogens with zero attached hydrogens (tertiary/aromatic N) is 5. The Morgan fingerprint density at radius 1 is 1.22 bits per heavy atom. The molecule has 27 heavy (non-hydrogen) atoms. The van der Waals surface area contributed by atoms with Gasteiger partial charge in [-0.1, -0.05) is 30.3 Å². The molecule has 136 valence electrons. The van der Waals surface area contributed by atoms with Gasteiger partial charge in [-0.3, -0.25) is 9.88 Å². The van der Waals surface area contributed by atoms with E-state index in [1.54, 1.807) is 12.1 Å². The van der Waals surface area contributed by atoms with Crippen molar-refractivity contribution in [3.05, 3.63) is 65.8 Å². The molecule has 1 aromatic carbocycles. The lowest BCUT2D eigenvalue weighted by Gasteiger charge is -2.36. The number of likely N-dealkylation sites (tertiary alicyclic amines) is 1. The van der Waals surface area contributed by atoms with Crippen molar-refractivity contribution in [1.82, 2.24) is 20.0 Å². The highest BCUT2D eigenvalue weighted by Gasteiger charge is 2.31. The zero-order valence-electron chi connectivity index (χ0n) is 15.2. The molecule has 0 bridgehead atoms. The molecule has 3 heterocycles. The Morgan fingerprint density at radius 3 is 2.96 bits per heavy atom. The summed E-state index contributed by atoms with van der Waals surface area (Å²) in [7, 11) is 0. The zero-order chi connectivity index (χ0) is 18.6. The third-order valence-corrected chi connectivity index (χ3v) is 4.99. The van der Waals surface area contributed by atoms with Crippen molar-refractivity contribution in [3.8, 4) is 17.5 Å². The molecule has 6 nitrogen and oxygen atoms in total. The Morgan fingerprint density at radius 2 is 2.15 bits per heavy atom. The van der Waals surface area contributed by atoms with Crippen molar-refractivity contribution in [2.45, 2.75) is 32.4 Å². The first-order valence-electron chi connectivity index (χ1n) is 9.21. The van der Waals surface area contributed by atoms with Crippen molar-refractivity contribution < 1.29 is 4.52 Å². The summed E-state index contributed by atoms with van der Waals surface area (Å²) in [4.78, 5) is 11.5.